The Kier molecular flexibility index (Phi) is 4.25. The van der Waals surface area contributed by atoms with Crippen LogP contribution in [0.3, 0.4) is 0 Å². The average Bonchev–Trinajstić information content (AvgIpc) is 2.87. The maximum Gasteiger partial charge on any atom is 0.229 e. The van der Waals surface area contributed by atoms with Gasteiger partial charge in [0.25, 0.3) is 0 Å². The quantitative estimate of drug-likeness (QED) is 0.900. The molecule has 1 aliphatic rings. The van der Waals surface area contributed by atoms with Gasteiger partial charge in [-0.25, -0.2) is 0 Å². The lowest BCUT2D eigenvalue weighted by Crippen LogP contribution is -2.41. The highest BCUT2D eigenvalue weighted by Gasteiger charge is 2.38. The number of benzene rings is 1. The van der Waals surface area contributed by atoms with Crippen LogP contribution in [0.15, 0.2) is 24.3 Å². The number of hydrogen-bond donors (Lipinski definition) is 1. The summed E-state index contributed by atoms with van der Waals surface area (Å²) in [5, 5.41) is 3.28. The molecule has 1 heterocycles. The minimum Gasteiger partial charge on any atom is -0.341 e. The lowest BCUT2D eigenvalue weighted by Gasteiger charge is -2.28. The van der Waals surface area contributed by atoms with Gasteiger partial charge in [-0.3, -0.25) is 4.79 Å². The van der Waals surface area contributed by atoms with E-state index in [0.717, 1.165) is 25.9 Å². The summed E-state index contributed by atoms with van der Waals surface area (Å²) in [6.07, 6.45) is 1.99. The third kappa shape index (κ3) is 3.16. The summed E-state index contributed by atoms with van der Waals surface area (Å²) in [5.41, 5.74) is 2.31. The number of carbonyl (C=O) groups is 1. The van der Waals surface area contributed by atoms with Crippen molar-refractivity contribution in [1.29, 1.82) is 0 Å². The van der Waals surface area contributed by atoms with Crippen LogP contribution in [-0.2, 0) is 17.8 Å². The van der Waals surface area contributed by atoms with Crippen molar-refractivity contribution in [2.75, 3.05) is 20.1 Å². The van der Waals surface area contributed by atoms with Crippen LogP contribution in [0.1, 0.15) is 31.4 Å². The van der Waals surface area contributed by atoms with Crippen molar-refractivity contribution in [1.82, 2.24) is 10.2 Å². The Balaban J connectivity index is 1.99. The third-order valence-corrected chi connectivity index (χ3v) is 4.08. The number of rotatable bonds is 4. The molecular formula is C16H24N2O. The Morgan fingerprint density at radius 3 is 2.47 bits per heavy atom. The molecular weight excluding hydrogens is 236 g/mol. The Morgan fingerprint density at radius 2 is 1.95 bits per heavy atom. The average molecular weight is 260 g/mol. The van der Waals surface area contributed by atoms with Gasteiger partial charge in [-0.15, -0.1) is 0 Å². The van der Waals surface area contributed by atoms with Crippen molar-refractivity contribution < 1.29 is 4.79 Å². The Hall–Kier alpha value is -1.35. The number of hydrogen-bond acceptors (Lipinski definition) is 2. The molecule has 0 aliphatic carbocycles. The van der Waals surface area contributed by atoms with Gasteiger partial charge in [-0.2, -0.15) is 0 Å². The lowest BCUT2D eigenvalue weighted by molar-refractivity contribution is -0.139. The highest BCUT2D eigenvalue weighted by molar-refractivity contribution is 5.82. The molecule has 0 bridgehead atoms. The van der Waals surface area contributed by atoms with E-state index in [4.69, 9.17) is 0 Å². The molecule has 1 amide bonds. The Morgan fingerprint density at radius 1 is 1.32 bits per heavy atom. The topological polar surface area (TPSA) is 32.3 Å². The first-order valence-corrected chi connectivity index (χ1v) is 7.09. The van der Waals surface area contributed by atoms with Gasteiger partial charge < -0.3 is 10.2 Å². The van der Waals surface area contributed by atoms with E-state index in [2.05, 4.69) is 43.4 Å². The van der Waals surface area contributed by atoms with Gasteiger partial charge in [0.1, 0.15) is 0 Å². The summed E-state index contributed by atoms with van der Waals surface area (Å²) in [6, 6.07) is 8.54. The molecule has 1 aromatic rings. The zero-order valence-electron chi connectivity index (χ0n) is 12.2. The van der Waals surface area contributed by atoms with Crippen molar-refractivity contribution >= 4 is 5.91 Å². The summed E-state index contributed by atoms with van der Waals surface area (Å²) in [4.78, 5) is 14.3. The summed E-state index contributed by atoms with van der Waals surface area (Å²) < 4.78 is 0. The Labute approximate surface area is 116 Å². The minimum absolute atomic E-state index is 0.224. The normalized spacial score (nSPS) is 22.5. The van der Waals surface area contributed by atoms with Gasteiger partial charge in [-0.1, -0.05) is 31.2 Å². The van der Waals surface area contributed by atoms with E-state index in [-0.39, 0.29) is 11.3 Å². The number of nitrogens with zero attached hydrogens (tertiary/aromatic N) is 1. The van der Waals surface area contributed by atoms with Crippen LogP contribution in [0.4, 0.5) is 0 Å². The van der Waals surface area contributed by atoms with Crippen molar-refractivity contribution in [3.63, 3.8) is 0 Å². The van der Waals surface area contributed by atoms with Gasteiger partial charge in [-0.05, 0) is 37.4 Å². The SMILES string of the molecule is CCc1ccc(CN(C)C(=O)C2(C)CCNC2)cc1. The fourth-order valence-electron chi connectivity index (χ4n) is 2.69. The molecule has 1 aliphatic heterocycles. The predicted octanol–water partition coefficient (Wildman–Crippen LogP) is 2.21. The molecule has 104 valence electrons. The van der Waals surface area contributed by atoms with Gasteiger partial charge >= 0.3 is 0 Å². The van der Waals surface area contributed by atoms with E-state index in [1.807, 2.05) is 11.9 Å². The maximum atomic E-state index is 12.5. The van der Waals surface area contributed by atoms with Crippen LogP contribution >= 0.6 is 0 Å². The molecule has 0 saturated carbocycles. The van der Waals surface area contributed by atoms with Crippen LogP contribution in [0.5, 0.6) is 0 Å². The molecule has 1 unspecified atom stereocenters. The molecule has 1 fully saturated rings. The molecule has 2 rings (SSSR count). The van der Waals surface area contributed by atoms with Crippen LogP contribution in [-0.4, -0.2) is 30.9 Å². The van der Waals surface area contributed by atoms with Crippen molar-refractivity contribution in [3.05, 3.63) is 35.4 Å². The van der Waals surface area contributed by atoms with E-state index >= 15 is 0 Å². The minimum atomic E-state index is -0.224. The summed E-state index contributed by atoms with van der Waals surface area (Å²) in [5.74, 6) is 0.247. The van der Waals surface area contributed by atoms with E-state index in [0.29, 0.717) is 6.54 Å². The van der Waals surface area contributed by atoms with Gasteiger partial charge in [0.05, 0.1) is 5.41 Å². The summed E-state index contributed by atoms with van der Waals surface area (Å²) in [6.45, 7) is 6.65. The summed E-state index contributed by atoms with van der Waals surface area (Å²) >= 11 is 0. The molecule has 0 aromatic heterocycles. The van der Waals surface area contributed by atoms with E-state index in [1.54, 1.807) is 0 Å². The molecule has 19 heavy (non-hydrogen) atoms. The Bertz CT molecular complexity index is 433. The molecule has 3 heteroatoms. The van der Waals surface area contributed by atoms with Crippen LogP contribution < -0.4 is 5.32 Å². The lowest BCUT2D eigenvalue weighted by atomic mass is 9.88. The van der Waals surface area contributed by atoms with E-state index in [1.165, 1.54) is 11.1 Å². The first kappa shape index (κ1) is 14.1. The van der Waals surface area contributed by atoms with Crippen LogP contribution in [0, 0.1) is 5.41 Å². The molecule has 1 aromatic carbocycles. The zero-order chi connectivity index (χ0) is 13.9. The van der Waals surface area contributed by atoms with Gasteiger partial charge in [0.15, 0.2) is 0 Å². The van der Waals surface area contributed by atoms with Gasteiger partial charge in [0, 0.05) is 20.1 Å². The summed E-state index contributed by atoms with van der Waals surface area (Å²) in [7, 11) is 1.90. The largest absolute Gasteiger partial charge is 0.341 e. The number of aryl methyl sites for hydroxylation is 1. The first-order chi connectivity index (χ1) is 9.05. The number of nitrogens with one attached hydrogen (secondary N) is 1. The molecule has 1 N–H and O–H groups in total. The number of amides is 1. The van der Waals surface area contributed by atoms with E-state index < -0.39 is 0 Å². The standard InChI is InChI=1S/C16H24N2O/c1-4-13-5-7-14(8-6-13)11-18(3)15(19)16(2)9-10-17-12-16/h5-8,17H,4,9-12H2,1-3H3. The first-order valence-electron chi connectivity index (χ1n) is 7.09. The van der Waals surface area contributed by atoms with E-state index in [9.17, 15) is 4.79 Å². The van der Waals surface area contributed by atoms with Gasteiger partial charge in [0.2, 0.25) is 5.91 Å². The fourth-order valence-corrected chi connectivity index (χ4v) is 2.69. The fraction of sp³-hybridized carbons (Fsp3) is 0.562. The molecule has 0 spiro atoms. The van der Waals surface area contributed by atoms with Crippen molar-refractivity contribution in [2.45, 2.75) is 33.2 Å². The second kappa shape index (κ2) is 5.74. The second-order valence-corrected chi connectivity index (χ2v) is 5.82. The predicted molar refractivity (Wildman–Crippen MR) is 77.9 cm³/mol. The van der Waals surface area contributed by atoms with Crippen LogP contribution in [0.25, 0.3) is 0 Å². The van der Waals surface area contributed by atoms with Crippen molar-refractivity contribution in [3.8, 4) is 0 Å². The highest BCUT2D eigenvalue weighted by atomic mass is 16.2. The molecule has 1 atom stereocenters. The maximum absolute atomic E-state index is 12.5. The monoisotopic (exact) mass is 260 g/mol. The molecule has 1 saturated heterocycles. The number of carbonyl (C=O) groups excluding carboxylic acids is 1. The smallest absolute Gasteiger partial charge is 0.229 e. The van der Waals surface area contributed by atoms with Crippen molar-refractivity contribution in [2.24, 2.45) is 5.41 Å². The highest BCUT2D eigenvalue weighted by Crippen LogP contribution is 2.27. The molecule has 0 radical (unpaired) electrons. The zero-order valence-corrected chi connectivity index (χ0v) is 12.2. The molecule has 3 nitrogen and oxygen atoms in total. The van der Waals surface area contributed by atoms with Crippen LogP contribution in [0.2, 0.25) is 0 Å². The second-order valence-electron chi connectivity index (χ2n) is 5.82. The third-order valence-electron chi connectivity index (χ3n) is 4.08.